The fraction of sp³-hybridized carbons (Fsp3) is 0.462. The molecule has 0 aromatic heterocycles. The molecule has 1 aromatic carbocycles. The number of hydrogen-bond acceptors (Lipinski definition) is 4. The third kappa shape index (κ3) is 5.36. The Bertz CT molecular complexity index is 349. The molecule has 0 heterocycles. The van der Waals surface area contributed by atoms with Crippen LogP contribution in [0, 0.1) is 0 Å². The topological polar surface area (TPSA) is 44.8 Å². The van der Waals surface area contributed by atoms with E-state index >= 15 is 0 Å². The van der Waals surface area contributed by atoms with Gasteiger partial charge in [0.2, 0.25) is 0 Å². The molecular formula is C13H18O4. The fourth-order valence-corrected chi connectivity index (χ4v) is 1.40. The van der Waals surface area contributed by atoms with Crippen molar-refractivity contribution in [1.29, 1.82) is 0 Å². The summed E-state index contributed by atoms with van der Waals surface area (Å²) in [5.41, 5.74) is 1.05. The monoisotopic (exact) mass is 238 g/mol. The highest BCUT2D eigenvalue weighted by Gasteiger charge is 2.03. The molecule has 0 radical (unpaired) electrons. The van der Waals surface area contributed by atoms with Crippen molar-refractivity contribution < 1.29 is 19.0 Å². The van der Waals surface area contributed by atoms with Gasteiger partial charge in [0.15, 0.2) is 6.79 Å². The Morgan fingerprint density at radius 1 is 1.35 bits per heavy atom. The number of ether oxygens (including phenoxy) is 3. The molecule has 0 N–H and O–H groups in total. The molecule has 0 unspecified atom stereocenters. The van der Waals surface area contributed by atoms with Gasteiger partial charge in [0.05, 0.1) is 6.61 Å². The van der Waals surface area contributed by atoms with Crippen molar-refractivity contribution in [3.05, 3.63) is 29.8 Å². The molecule has 0 saturated heterocycles. The van der Waals surface area contributed by atoms with Crippen molar-refractivity contribution in [2.75, 3.05) is 20.5 Å². The summed E-state index contributed by atoms with van der Waals surface area (Å²) >= 11 is 0. The second kappa shape index (κ2) is 7.68. The van der Waals surface area contributed by atoms with E-state index in [9.17, 15) is 4.79 Å². The largest absolute Gasteiger partial charge is 0.468 e. The van der Waals surface area contributed by atoms with Gasteiger partial charge in [-0.3, -0.25) is 4.79 Å². The normalized spacial score (nSPS) is 10.0. The van der Waals surface area contributed by atoms with Crippen LogP contribution in [-0.4, -0.2) is 26.5 Å². The summed E-state index contributed by atoms with van der Waals surface area (Å²) in [4.78, 5) is 11.2. The van der Waals surface area contributed by atoms with Gasteiger partial charge in [-0.25, -0.2) is 0 Å². The minimum Gasteiger partial charge on any atom is -0.468 e. The Kier molecular flexibility index (Phi) is 6.10. The van der Waals surface area contributed by atoms with E-state index in [2.05, 4.69) is 0 Å². The number of rotatable bonds is 7. The zero-order chi connectivity index (χ0) is 12.5. The first-order chi connectivity index (χ1) is 8.26. The SMILES string of the molecule is CCOC(=O)CCc1cccc(OCOC)c1. The molecule has 4 nitrogen and oxygen atoms in total. The van der Waals surface area contributed by atoms with E-state index in [1.54, 1.807) is 14.0 Å². The lowest BCUT2D eigenvalue weighted by Gasteiger charge is -2.06. The summed E-state index contributed by atoms with van der Waals surface area (Å²) in [6.07, 6.45) is 1.05. The maximum Gasteiger partial charge on any atom is 0.306 e. The summed E-state index contributed by atoms with van der Waals surface area (Å²) in [5, 5.41) is 0. The Labute approximate surface area is 101 Å². The summed E-state index contributed by atoms with van der Waals surface area (Å²) in [5.74, 6) is 0.573. The van der Waals surface area contributed by atoms with Gasteiger partial charge in [-0.1, -0.05) is 12.1 Å². The third-order valence-corrected chi connectivity index (χ3v) is 2.17. The van der Waals surface area contributed by atoms with Crippen LogP contribution >= 0.6 is 0 Å². The summed E-state index contributed by atoms with van der Waals surface area (Å²) in [6.45, 7) is 2.45. The summed E-state index contributed by atoms with van der Waals surface area (Å²) in [7, 11) is 1.57. The first-order valence-corrected chi connectivity index (χ1v) is 5.62. The number of aryl methyl sites for hydroxylation is 1. The van der Waals surface area contributed by atoms with Gasteiger partial charge in [-0.15, -0.1) is 0 Å². The molecule has 0 aliphatic carbocycles. The lowest BCUT2D eigenvalue weighted by Crippen LogP contribution is -2.05. The summed E-state index contributed by atoms with van der Waals surface area (Å²) < 4.78 is 15.0. The van der Waals surface area contributed by atoms with Crippen LogP contribution in [0.1, 0.15) is 18.9 Å². The molecule has 0 aliphatic rings. The first kappa shape index (κ1) is 13.5. The van der Waals surface area contributed by atoms with Gasteiger partial charge in [-0.05, 0) is 31.0 Å². The van der Waals surface area contributed by atoms with E-state index in [1.165, 1.54) is 0 Å². The Hall–Kier alpha value is -1.55. The lowest BCUT2D eigenvalue weighted by molar-refractivity contribution is -0.143. The molecule has 0 amide bonds. The van der Waals surface area contributed by atoms with Gasteiger partial charge < -0.3 is 14.2 Å². The number of carbonyl (C=O) groups is 1. The number of hydrogen-bond donors (Lipinski definition) is 0. The number of carbonyl (C=O) groups excluding carboxylic acids is 1. The lowest BCUT2D eigenvalue weighted by atomic mass is 10.1. The molecule has 94 valence electrons. The molecule has 0 saturated carbocycles. The van der Waals surface area contributed by atoms with Crippen LogP contribution in [0.5, 0.6) is 5.75 Å². The Morgan fingerprint density at radius 3 is 2.88 bits per heavy atom. The van der Waals surface area contributed by atoms with Gasteiger partial charge >= 0.3 is 5.97 Å². The van der Waals surface area contributed by atoms with Gasteiger partial charge in [-0.2, -0.15) is 0 Å². The molecule has 0 spiro atoms. The van der Waals surface area contributed by atoms with Crippen LogP contribution in [0.15, 0.2) is 24.3 Å². The van der Waals surface area contributed by atoms with Crippen LogP contribution in [-0.2, 0) is 20.7 Å². The predicted octanol–water partition coefficient (Wildman–Crippen LogP) is 2.17. The molecule has 0 atom stereocenters. The molecule has 17 heavy (non-hydrogen) atoms. The minimum atomic E-state index is -0.171. The maximum atomic E-state index is 11.2. The zero-order valence-electron chi connectivity index (χ0n) is 10.3. The standard InChI is InChI=1S/C13H18O4/c1-3-16-13(14)8-7-11-5-4-6-12(9-11)17-10-15-2/h4-6,9H,3,7-8,10H2,1-2H3. The summed E-state index contributed by atoms with van der Waals surface area (Å²) in [6, 6.07) is 7.61. The van der Waals surface area contributed by atoms with Crippen LogP contribution in [0.25, 0.3) is 0 Å². The Morgan fingerprint density at radius 2 is 2.18 bits per heavy atom. The number of methoxy groups -OCH3 is 1. The van der Waals surface area contributed by atoms with E-state index in [0.717, 1.165) is 11.3 Å². The van der Waals surface area contributed by atoms with E-state index in [1.807, 2.05) is 24.3 Å². The van der Waals surface area contributed by atoms with Crippen molar-refractivity contribution in [2.45, 2.75) is 19.8 Å². The number of esters is 1. The van der Waals surface area contributed by atoms with Crippen molar-refractivity contribution >= 4 is 5.97 Å². The third-order valence-electron chi connectivity index (χ3n) is 2.17. The van der Waals surface area contributed by atoms with Crippen molar-refractivity contribution in [2.24, 2.45) is 0 Å². The van der Waals surface area contributed by atoms with E-state index in [-0.39, 0.29) is 12.8 Å². The zero-order valence-corrected chi connectivity index (χ0v) is 10.3. The highest BCUT2D eigenvalue weighted by molar-refractivity contribution is 5.69. The molecule has 1 aromatic rings. The molecule has 0 bridgehead atoms. The molecular weight excluding hydrogens is 220 g/mol. The average Bonchev–Trinajstić information content (AvgIpc) is 2.35. The van der Waals surface area contributed by atoms with Gasteiger partial charge in [0.25, 0.3) is 0 Å². The van der Waals surface area contributed by atoms with Gasteiger partial charge in [0.1, 0.15) is 5.75 Å². The van der Waals surface area contributed by atoms with Crippen LogP contribution in [0.3, 0.4) is 0 Å². The quantitative estimate of drug-likeness (QED) is 0.539. The highest BCUT2D eigenvalue weighted by atomic mass is 16.7. The minimum absolute atomic E-state index is 0.171. The van der Waals surface area contributed by atoms with Crippen molar-refractivity contribution in [3.63, 3.8) is 0 Å². The first-order valence-electron chi connectivity index (χ1n) is 5.62. The maximum absolute atomic E-state index is 11.2. The highest BCUT2D eigenvalue weighted by Crippen LogP contribution is 2.14. The van der Waals surface area contributed by atoms with Crippen molar-refractivity contribution in [1.82, 2.24) is 0 Å². The molecule has 0 fully saturated rings. The van der Waals surface area contributed by atoms with Crippen LogP contribution in [0.2, 0.25) is 0 Å². The van der Waals surface area contributed by atoms with Gasteiger partial charge in [0, 0.05) is 13.5 Å². The van der Waals surface area contributed by atoms with Crippen LogP contribution < -0.4 is 4.74 Å². The fourth-order valence-electron chi connectivity index (χ4n) is 1.40. The second-order valence-electron chi connectivity index (χ2n) is 3.50. The predicted molar refractivity (Wildman–Crippen MR) is 63.9 cm³/mol. The smallest absolute Gasteiger partial charge is 0.306 e. The Balaban J connectivity index is 2.45. The molecule has 1 rings (SSSR count). The number of benzene rings is 1. The van der Waals surface area contributed by atoms with E-state index in [0.29, 0.717) is 19.4 Å². The second-order valence-corrected chi connectivity index (χ2v) is 3.50. The molecule has 0 aliphatic heterocycles. The van der Waals surface area contributed by atoms with E-state index in [4.69, 9.17) is 14.2 Å². The van der Waals surface area contributed by atoms with Crippen LogP contribution in [0.4, 0.5) is 0 Å². The van der Waals surface area contributed by atoms with E-state index < -0.39 is 0 Å². The molecule has 4 heteroatoms. The van der Waals surface area contributed by atoms with Crippen molar-refractivity contribution in [3.8, 4) is 5.75 Å². The average molecular weight is 238 g/mol.